The van der Waals surface area contributed by atoms with E-state index in [0.29, 0.717) is 0 Å². The highest BCUT2D eigenvalue weighted by molar-refractivity contribution is 7.85. The van der Waals surface area contributed by atoms with Crippen LogP contribution in [0.5, 0.6) is 5.75 Å². The van der Waals surface area contributed by atoms with Gasteiger partial charge in [-0.05, 0) is 35.7 Å². The average molecular weight is 412 g/mol. The number of azo groups is 1. The summed E-state index contributed by atoms with van der Waals surface area (Å²) in [6, 6.07) is 9.25. The van der Waals surface area contributed by atoms with Crippen molar-refractivity contribution in [2.75, 3.05) is 5.73 Å². The Kier molecular flexibility index (Phi) is 4.06. The van der Waals surface area contributed by atoms with Crippen LogP contribution in [0.15, 0.2) is 57.6 Å². The first-order valence-electron chi connectivity index (χ1n) is 8.09. The molecule has 4 rings (SSSR count). The van der Waals surface area contributed by atoms with Crippen molar-refractivity contribution in [2.24, 2.45) is 10.2 Å². The number of aromatic hydroxyl groups is 1. The summed E-state index contributed by atoms with van der Waals surface area (Å²) >= 11 is 0. The molecule has 1 aliphatic rings. The number of phenolic OH excluding ortho intramolecular Hbond substituents is 1. The molecule has 5 N–H and O–H groups in total. The maximum Gasteiger partial charge on any atom is 0.294 e. The summed E-state index contributed by atoms with van der Waals surface area (Å²) in [5.41, 5.74) is 6.82. The smallest absolute Gasteiger partial charge is 0.294 e. The third kappa shape index (κ3) is 3.17. The summed E-state index contributed by atoms with van der Waals surface area (Å²) in [7, 11) is -4.52. The van der Waals surface area contributed by atoms with Gasteiger partial charge in [0.05, 0.1) is 32.8 Å². The Hall–Kier alpha value is -3.83. The number of phenols is 1. The highest BCUT2D eigenvalue weighted by Gasteiger charge is 2.26. The van der Waals surface area contributed by atoms with E-state index in [1.807, 2.05) is 0 Å². The zero-order chi connectivity index (χ0) is 20.9. The maximum atomic E-state index is 11.8. The Morgan fingerprint density at radius 2 is 1.66 bits per heavy atom. The molecule has 3 aromatic carbocycles. The number of nitrogens with one attached hydrogen (secondary N) is 1. The molecule has 0 radical (unpaired) electrons. The van der Waals surface area contributed by atoms with Crippen LogP contribution >= 0.6 is 0 Å². The lowest BCUT2D eigenvalue weighted by Gasteiger charge is -2.09. The van der Waals surface area contributed by atoms with E-state index in [1.54, 1.807) is 0 Å². The first-order valence-corrected chi connectivity index (χ1v) is 9.53. The molecule has 0 atom stereocenters. The summed E-state index contributed by atoms with van der Waals surface area (Å²) < 4.78 is 31.9. The van der Waals surface area contributed by atoms with Crippen molar-refractivity contribution in [3.05, 3.63) is 53.6 Å². The van der Waals surface area contributed by atoms with Crippen molar-refractivity contribution in [2.45, 2.75) is 4.90 Å². The Morgan fingerprint density at radius 3 is 2.38 bits per heavy atom. The van der Waals surface area contributed by atoms with Crippen LogP contribution in [0.2, 0.25) is 0 Å². The largest absolute Gasteiger partial charge is 0.507 e. The molecule has 0 aliphatic carbocycles. The Bertz CT molecular complexity index is 1360. The number of benzene rings is 3. The van der Waals surface area contributed by atoms with Crippen molar-refractivity contribution < 1.29 is 27.7 Å². The van der Waals surface area contributed by atoms with E-state index in [4.69, 9.17) is 5.73 Å². The Balaban J connectivity index is 1.83. The maximum absolute atomic E-state index is 11.8. The monoisotopic (exact) mass is 412 g/mol. The molecule has 29 heavy (non-hydrogen) atoms. The number of nitrogens with two attached hydrogens (primary N) is 1. The standard InChI is InChI=1S/C18H12N4O6S/c19-13-4-1-8-5-10(29(26,27)28)7-14(23)15(8)16(13)22-21-9-2-3-11-12(6-9)18(25)20-17(11)24/h1-7,23H,19H2,(H,20,24,25)(H,26,27,28). The van der Waals surface area contributed by atoms with Crippen molar-refractivity contribution >= 4 is 49.8 Å². The highest BCUT2D eigenvalue weighted by Crippen LogP contribution is 2.40. The minimum Gasteiger partial charge on any atom is -0.507 e. The molecule has 1 heterocycles. The van der Waals surface area contributed by atoms with E-state index in [2.05, 4.69) is 15.5 Å². The fraction of sp³-hybridized carbons (Fsp3) is 0. The second-order valence-electron chi connectivity index (χ2n) is 6.23. The molecule has 0 spiro atoms. The predicted octanol–water partition coefficient (Wildman–Crippen LogP) is 2.67. The number of hydrogen-bond acceptors (Lipinski definition) is 8. The number of hydrogen-bond donors (Lipinski definition) is 4. The van der Waals surface area contributed by atoms with Gasteiger partial charge in [0.15, 0.2) is 0 Å². The third-order valence-corrected chi connectivity index (χ3v) is 5.19. The minimum absolute atomic E-state index is 0.0721. The molecule has 0 unspecified atom stereocenters. The van der Waals surface area contributed by atoms with Crippen molar-refractivity contribution in [3.63, 3.8) is 0 Å². The lowest BCUT2D eigenvalue weighted by Crippen LogP contribution is -2.19. The van der Waals surface area contributed by atoms with Gasteiger partial charge in [0.25, 0.3) is 21.9 Å². The zero-order valence-corrected chi connectivity index (χ0v) is 15.3. The van der Waals surface area contributed by atoms with E-state index in [9.17, 15) is 27.7 Å². The summed E-state index contributed by atoms with van der Waals surface area (Å²) in [5, 5.41) is 20.9. The van der Waals surface area contributed by atoms with Crippen LogP contribution in [-0.4, -0.2) is 29.9 Å². The number of fused-ring (bicyclic) bond motifs is 2. The van der Waals surface area contributed by atoms with Crippen LogP contribution in [0.4, 0.5) is 17.1 Å². The van der Waals surface area contributed by atoms with Crippen LogP contribution in [0.3, 0.4) is 0 Å². The van der Waals surface area contributed by atoms with E-state index < -0.39 is 32.6 Å². The molecule has 146 valence electrons. The second kappa shape index (κ2) is 6.36. The SMILES string of the molecule is Nc1ccc2cc(S(=O)(=O)O)cc(O)c2c1N=Nc1ccc2c(c1)C(=O)NC2=O. The molecule has 11 heteroatoms. The second-order valence-corrected chi connectivity index (χ2v) is 7.65. The van der Waals surface area contributed by atoms with Crippen LogP contribution in [-0.2, 0) is 10.1 Å². The molecule has 0 saturated heterocycles. The topological polar surface area (TPSA) is 172 Å². The van der Waals surface area contributed by atoms with Gasteiger partial charge in [0.1, 0.15) is 11.4 Å². The van der Waals surface area contributed by atoms with Gasteiger partial charge in [0.2, 0.25) is 0 Å². The summed E-state index contributed by atoms with van der Waals surface area (Å²) in [4.78, 5) is 22.9. The average Bonchev–Trinajstić information content (AvgIpc) is 2.94. The number of nitrogens with zero attached hydrogens (tertiary/aromatic N) is 2. The zero-order valence-electron chi connectivity index (χ0n) is 14.4. The van der Waals surface area contributed by atoms with Gasteiger partial charge >= 0.3 is 0 Å². The summed E-state index contributed by atoms with van der Waals surface area (Å²) in [5.74, 6) is -1.50. The molecule has 1 aliphatic heterocycles. The first kappa shape index (κ1) is 18.5. The van der Waals surface area contributed by atoms with Gasteiger partial charge in [-0.3, -0.25) is 19.5 Å². The fourth-order valence-corrected chi connectivity index (χ4v) is 3.53. The molecule has 3 aromatic rings. The molecule has 0 fully saturated rings. The number of nitrogen functional groups attached to an aromatic ring is 1. The van der Waals surface area contributed by atoms with Crippen LogP contribution in [0.1, 0.15) is 20.7 Å². The van der Waals surface area contributed by atoms with Gasteiger partial charge in [-0.2, -0.15) is 13.5 Å². The number of amides is 2. The summed E-state index contributed by atoms with van der Waals surface area (Å²) in [6.45, 7) is 0. The minimum atomic E-state index is -4.52. The van der Waals surface area contributed by atoms with Gasteiger partial charge in [-0.1, -0.05) is 6.07 Å². The highest BCUT2D eigenvalue weighted by atomic mass is 32.2. The Labute approximate surface area is 163 Å². The molecule has 10 nitrogen and oxygen atoms in total. The number of imide groups is 1. The molecular weight excluding hydrogens is 400 g/mol. The van der Waals surface area contributed by atoms with Crippen molar-refractivity contribution in [3.8, 4) is 5.75 Å². The van der Waals surface area contributed by atoms with E-state index in [1.165, 1.54) is 30.3 Å². The predicted molar refractivity (Wildman–Crippen MR) is 102 cm³/mol. The molecular formula is C18H12N4O6S. The van der Waals surface area contributed by atoms with E-state index in [0.717, 1.165) is 12.1 Å². The fourth-order valence-electron chi connectivity index (χ4n) is 3.00. The van der Waals surface area contributed by atoms with Crippen LogP contribution < -0.4 is 11.1 Å². The van der Waals surface area contributed by atoms with Crippen LogP contribution in [0, 0.1) is 0 Å². The summed E-state index contributed by atoms with van der Waals surface area (Å²) in [6.07, 6.45) is 0. The molecule has 2 amide bonds. The first-order chi connectivity index (χ1) is 13.6. The number of anilines is 1. The van der Waals surface area contributed by atoms with Crippen molar-refractivity contribution in [1.29, 1.82) is 0 Å². The molecule has 0 bridgehead atoms. The van der Waals surface area contributed by atoms with Crippen LogP contribution in [0.25, 0.3) is 10.8 Å². The van der Waals surface area contributed by atoms with Crippen molar-refractivity contribution in [1.82, 2.24) is 5.32 Å². The lowest BCUT2D eigenvalue weighted by molar-refractivity contribution is 0.0879. The number of rotatable bonds is 3. The van der Waals surface area contributed by atoms with E-state index >= 15 is 0 Å². The lowest BCUT2D eigenvalue weighted by atomic mass is 10.1. The van der Waals surface area contributed by atoms with Gasteiger partial charge in [-0.25, -0.2) is 0 Å². The third-order valence-electron chi connectivity index (χ3n) is 4.36. The number of carbonyl (C=O) groups excluding carboxylic acids is 2. The van der Waals surface area contributed by atoms with Gasteiger partial charge in [0, 0.05) is 6.07 Å². The molecule has 0 saturated carbocycles. The van der Waals surface area contributed by atoms with E-state index in [-0.39, 0.29) is 39.0 Å². The normalized spacial score (nSPS) is 13.8. The van der Waals surface area contributed by atoms with Gasteiger partial charge < -0.3 is 10.8 Å². The Morgan fingerprint density at radius 1 is 0.931 bits per heavy atom. The number of carbonyl (C=O) groups is 2. The van der Waals surface area contributed by atoms with Gasteiger partial charge in [-0.15, -0.1) is 5.11 Å². The molecule has 0 aromatic heterocycles. The quantitative estimate of drug-likeness (QED) is 0.221.